The van der Waals surface area contributed by atoms with Gasteiger partial charge in [0.15, 0.2) is 5.12 Å². The molecule has 1 rings (SSSR count). The van der Waals surface area contributed by atoms with Crippen LogP contribution >= 0.6 is 11.8 Å². The third kappa shape index (κ3) is 3.45. The van der Waals surface area contributed by atoms with Crippen molar-refractivity contribution in [3.8, 4) is 0 Å². The summed E-state index contributed by atoms with van der Waals surface area (Å²) in [6, 6.07) is 0. The first-order valence-corrected chi connectivity index (χ1v) is 6.41. The minimum absolute atomic E-state index is 0.0185. The van der Waals surface area contributed by atoms with Gasteiger partial charge < -0.3 is 14.2 Å². The third-order valence-corrected chi connectivity index (χ3v) is 3.58. The molecule has 0 unspecified atom stereocenters. The molecule has 94 valence electrons. The summed E-state index contributed by atoms with van der Waals surface area (Å²) >= 11 is 1.29. The maximum absolute atomic E-state index is 11.0. The summed E-state index contributed by atoms with van der Waals surface area (Å²) < 4.78 is 16.6. The maximum Gasteiger partial charge on any atom is 0.186 e. The molecule has 0 aromatic heterocycles. The van der Waals surface area contributed by atoms with Crippen LogP contribution in [-0.2, 0) is 19.0 Å². The van der Waals surface area contributed by atoms with E-state index in [2.05, 4.69) is 0 Å². The molecular weight excluding hydrogens is 228 g/mol. The molecule has 0 saturated carbocycles. The van der Waals surface area contributed by atoms with Gasteiger partial charge in [-0.15, -0.1) is 0 Å². The molecule has 16 heavy (non-hydrogen) atoms. The Morgan fingerprint density at radius 3 is 2.81 bits per heavy atom. The molecule has 4 atom stereocenters. The second-order valence-corrected chi connectivity index (χ2v) is 5.36. The normalized spacial score (nSPS) is 31.6. The van der Waals surface area contributed by atoms with E-state index in [4.69, 9.17) is 14.2 Å². The van der Waals surface area contributed by atoms with Crippen molar-refractivity contribution in [1.29, 1.82) is 0 Å². The van der Waals surface area contributed by atoms with E-state index in [1.54, 1.807) is 14.0 Å². The quantitative estimate of drug-likeness (QED) is 0.737. The van der Waals surface area contributed by atoms with Gasteiger partial charge in [-0.25, -0.2) is 0 Å². The molecule has 1 saturated heterocycles. The molecule has 0 amide bonds. The smallest absolute Gasteiger partial charge is 0.186 e. The van der Waals surface area contributed by atoms with Crippen LogP contribution in [0.2, 0.25) is 0 Å². The molecule has 0 aromatic carbocycles. The van der Waals surface area contributed by atoms with Gasteiger partial charge in [-0.05, 0) is 6.92 Å². The van der Waals surface area contributed by atoms with Crippen LogP contribution in [0, 0.1) is 0 Å². The van der Waals surface area contributed by atoms with Crippen LogP contribution in [0.4, 0.5) is 0 Å². The Morgan fingerprint density at radius 2 is 2.31 bits per heavy atom. The zero-order valence-corrected chi connectivity index (χ0v) is 11.1. The van der Waals surface area contributed by atoms with Crippen molar-refractivity contribution in [2.24, 2.45) is 0 Å². The van der Waals surface area contributed by atoms with E-state index in [-0.39, 0.29) is 28.7 Å². The molecular formula is C11H20O4S. The topological polar surface area (TPSA) is 44.8 Å². The van der Waals surface area contributed by atoms with E-state index in [0.29, 0.717) is 13.2 Å². The van der Waals surface area contributed by atoms with Crippen LogP contribution in [-0.4, -0.2) is 49.0 Å². The van der Waals surface area contributed by atoms with Crippen molar-refractivity contribution in [1.82, 2.24) is 0 Å². The fourth-order valence-electron chi connectivity index (χ4n) is 1.98. The van der Waals surface area contributed by atoms with Crippen molar-refractivity contribution >= 4 is 16.9 Å². The van der Waals surface area contributed by atoms with Gasteiger partial charge in [0.1, 0.15) is 12.2 Å². The highest BCUT2D eigenvalue weighted by Gasteiger charge is 2.41. The van der Waals surface area contributed by atoms with Crippen LogP contribution in [0.3, 0.4) is 0 Å². The Labute approximate surface area is 101 Å². The molecule has 0 aromatic rings. The Kier molecular flexibility index (Phi) is 5.75. The van der Waals surface area contributed by atoms with Gasteiger partial charge in [-0.1, -0.05) is 18.7 Å². The van der Waals surface area contributed by atoms with Gasteiger partial charge >= 0.3 is 0 Å². The Morgan fingerprint density at radius 1 is 1.62 bits per heavy atom. The lowest BCUT2D eigenvalue weighted by molar-refractivity contribution is -0.109. The van der Waals surface area contributed by atoms with E-state index in [9.17, 15) is 4.79 Å². The van der Waals surface area contributed by atoms with Crippen molar-refractivity contribution in [2.75, 3.05) is 20.3 Å². The summed E-state index contributed by atoms with van der Waals surface area (Å²) in [6.07, 6.45) is -0.174. The largest absolute Gasteiger partial charge is 0.376 e. The van der Waals surface area contributed by atoms with Crippen molar-refractivity contribution in [3.63, 3.8) is 0 Å². The second-order valence-electron chi connectivity index (χ2n) is 3.81. The monoisotopic (exact) mass is 248 g/mol. The van der Waals surface area contributed by atoms with Crippen molar-refractivity contribution in [3.05, 3.63) is 0 Å². The number of carbonyl (C=O) groups is 1. The van der Waals surface area contributed by atoms with Gasteiger partial charge in [0.2, 0.25) is 0 Å². The highest BCUT2D eigenvalue weighted by atomic mass is 32.2. The Hall–Kier alpha value is -0.100. The van der Waals surface area contributed by atoms with Gasteiger partial charge in [-0.2, -0.15) is 0 Å². The summed E-state index contributed by atoms with van der Waals surface area (Å²) in [5, 5.41) is 0.193. The molecule has 1 heterocycles. The minimum Gasteiger partial charge on any atom is -0.376 e. The summed E-state index contributed by atoms with van der Waals surface area (Å²) in [7, 11) is 1.66. The Bertz CT molecular complexity index is 234. The predicted octanol–water partition coefficient (Wildman–Crippen LogP) is 1.47. The predicted molar refractivity (Wildman–Crippen MR) is 63.7 cm³/mol. The summed E-state index contributed by atoms with van der Waals surface area (Å²) in [6.45, 7) is 6.69. The van der Waals surface area contributed by atoms with Crippen molar-refractivity contribution in [2.45, 2.75) is 44.3 Å². The molecule has 5 heteroatoms. The highest BCUT2D eigenvalue weighted by Crippen LogP contribution is 2.28. The molecule has 1 aliphatic rings. The first-order chi connectivity index (χ1) is 7.60. The number of methoxy groups -OCH3 is 1. The van der Waals surface area contributed by atoms with Crippen LogP contribution in [0.1, 0.15) is 20.8 Å². The molecule has 0 bridgehead atoms. The lowest BCUT2D eigenvalue weighted by atomic mass is 10.1. The lowest BCUT2D eigenvalue weighted by Crippen LogP contribution is -2.39. The third-order valence-electron chi connectivity index (χ3n) is 2.61. The van der Waals surface area contributed by atoms with E-state index in [0.717, 1.165) is 0 Å². The van der Waals surface area contributed by atoms with Crippen molar-refractivity contribution < 1.29 is 19.0 Å². The molecule has 1 aliphatic heterocycles. The van der Waals surface area contributed by atoms with Crippen LogP contribution in [0.25, 0.3) is 0 Å². The molecule has 1 fully saturated rings. The zero-order valence-electron chi connectivity index (χ0n) is 10.3. The average Bonchev–Trinajstić information content (AvgIpc) is 2.60. The van der Waals surface area contributed by atoms with E-state index >= 15 is 0 Å². The SMILES string of the molecule is CCO[C@@H]1CO[C@H]([C@H](C)SC(C)=O)[C@@H]1OC. The first kappa shape index (κ1) is 14.0. The highest BCUT2D eigenvalue weighted by molar-refractivity contribution is 8.14. The first-order valence-electron chi connectivity index (χ1n) is 5.53. The number of rotatable bonds is 5. The van der Waals surface area contributed by atoms with Gasteiger partial charge in [-0.3, -0.25) is 4.79 Å². The molecule has 0 aliphatic carbocycles. The number of ether oxygens (including phenoxy) is 3. The van der Waals surface area contributed by atoms with E-state index in [1.165, 1.54) is 11.8 Å². The molecule has 0 N–H and O–H groups in total. The molecule has 4 nitrogen and oxygen atoms in total. The van der Waals surface area contributed by atoms with E-state index < -0.39 is 0 Å². The summed E-state index contributed by atoms with van der Waals surface area (Å²) in [5.74, 6) is 0. The summed E-state index contributed by atoms with van der Waals surface area (Å²) in [5.41, 5.74) is 0. The van der Waals surface area contributed by atoms with Gasteiger partial charge in [0, 0.05) is 25.9 Å². The number of hydrogen-bond donors (Lipinski definition) is 0. The zero-order chi connectivity index (χ0) is 12.1. The second kappa shape index (κ2) is 6.59. The van der Waals surface area contributed by atoms with Crippen LogP contribution in [0.15, 0.2) is 0 Å². The van der Waals surface area contributed by atoms with Gasteiger partial charge in [0.05, 0.1) is 12.7 Å². The van der Waals surface area contributed by atoms with E-state index in [1.807, 2.05) is 13.8 Å². The number of thioether (sulfide) groups is 1. The number of hydrogen-bond acceptors (Lipinski definition) is 5. The maximum atomic E-state index is 11.0. The van der Waals surface area contributed by atoms with Crippen LogP contribution < -0.4 is 0 Å². The molecule has 0 spiro atoms. The standard InChI is InChI=1S/C11H20O4S/c1-5-14-9-6-15-10(11(9)13-4)7(2)16-8(3)12/h7,9-11H,5-6H2,1-4H3/t7-,9+,10+,11+/m0/s1. The average molecular weight is 248 g/mol. The molecule has 0 radical (unpaired) electrons. The Balaban J connectivity index is 2.56. The summed E-state index contributed by atoms with van der Waals surface area (Å²) in [4.78, 5) is 11.0. The number of carbonyl (C=O) groups excluding carboxylic acids is 1. The lowest BCUT2D eigenvalue weighted by Gasteiger charge is -2.24. The van der Waals surface area contributed by atoms with Crippen LogP contribution in [0.5, 0.6) is 0 Å². The fourth-order valence-corrected chi connectivity index (χ4v) is 2.87. The minimum atomic E-state index is -0.0817. The van der Waals surface area contributed by atoms with Gasteiger partial charge in [0.25, 0.3) is 0 Å². The fraction of sp³-hybridized carbons (Fsp3) is 0.909.